The Hall–Kier alpha value is -2.62. The number of nitrogens with one attached hydrogen (secondary N) is 1. The fourth-order valence-corrected chi connectivity index (χ4v) is 5.28. The number of hydroxylamine groups is 1. The van der Waals surface area contributed by atoms with Gasteiger partial charge in [0.25, 0.3) is 0 Å². The van der Waals surface area contributed by atoms with Crippen LogP contribution < -0.4 is 5.48 Å². The summed E-state index contributed by atoms with van der Waals surface area (Å²) in [4.78, 5) is 11.9. The lowest BCUT2D eigenvalue weighted by atomic mass is 10.1. The monoisotopic (exact) mass is 369 g/mol. The highest BCUT2D eigenvalue weighted by Crippen LogP contribution is 2.34. The Bertz CT molecular complexity index is 941. The Kier molecular flexibility index (Phi) is 5.40. The van der Waals surface area contributed by atoms with Crippen LogP contribution in [-0.2, 0) is 14.6 Å². The Morgan fingerprint density at radius 1 is 0.962 bits per heavy atom. The molecule has 26 heavy (non-hydrogen) atoms. The molecule has 0 aliphatic heterocycles. The van der Waals surface area contributed by atoms with Crippen LogP contribution in [0.4, 0.5) is 0 Å². The molecule has 1 aliphatic carbocycles. The van der Waals surface area contributed by atoms with E-state index >= 15 is 0 Å². The maximum Gasteiger partial charge on any atom is 0.247 e. The molecule has 1 unspecified atom stereocenters. The molecule has 0 radical (unpaired) electrons. The van der Waals surface area contributed by atoms with Gasteiger partial charge in [-0.1, -0.05) is 36.5 Å². The molecule has 0 saturated heterocycles. The van der Waals surface area contributed by atoms with Crippen LogP contribution >= 0.6 is 0 Å². The van der Waals surface area contributed by atoms with Crippen LogP contribution in [0.1, 0.15) is 30.4 Å². The van der Waals surface area contributed by atoms with E-state index in [0.29, 0.717) is 24.8 Å². The summed E-state index contributed by atoms with van der Waals surface area (Å²) in [5.74, 6) is 4.67. The Morgan fingerprint density at radius 3 is 2.19 bits per heavy atom. The van der Waals surface area contributed by atoms with Gasteiger partial charge >= 0.3 is 0 Å². The van der Waals surface area contributed by atoms with Gasteiger partial charge in [0.1, 0.15) is 0 Å². The first-order chi connectivity index (χ1) is 12.5. The van der Waals surface area contributed by atoms with E-state index in [0.717, 1.165) is 5.56 Å². The van der Waals surface area contributed by atoms with Crippen LogP contribution in [0, 0.1) is 17.8 Å². The molecule has 0 aromatic heterocycles. The highest BCUT2D eigenvalue weighted by atomic mass is 32.2. The van der Waals surface area contributed by atoms with Gasteiger partial charge in [0, 0.05) is 11.1 Å². The third-order valence-electron chi connectivity index (χ3n) is 4.61. The molecule has 5 nitrogen and oxygen atoms in total. The SMILES string of the molecule is O=C(NO)[C@H]1CCCC1S(=O)(=O)c1ccc(C#Cc2ccccc2)cc1. The molecule has 2 N–H and O–H groups in total. The molecule has 3 rings (SSSR count). The largest absolute Gasteiger partial charge is 0.289 e. The van der Waals surface area contributed by atoms with Crippen LogP contribution in [-0.4, -0.2) is 24.8 Å². The van der Waals surface area contributed by atoms with Crippen LogP contribution in [0.25, 0.3) is 0 Å². The standard InChI is InChI=1S/C20H19NO4S/c22-20(21-23)18-7-4-8-19(18)26(24,25)17-13-11-16(12-14-17)10-9-15-5-2-1-3-6-15/h1-3,5-6,11-14,18-19,23H,4,7-8H2,(H,21,22)/t18-,19?/m0/s1. The molecule has 134 valence electrons. The zero-order chi connectivity index (χ0) is 18.6. The summed E-state index contributed by atoms with van der Waals surface area (Å²) in [5, 5.41) is 8.02. The van der Waals surface area contributed by atoms with Crippen LogP contribution in [0.3, 0.4) is 0 Å². The lowest BCUT2D eigenvalue weighted by Crippen LogP contribution is -2.36. The molecular formula is C20H19NO4S. The number of rotatable bonds is 3. The van der Waals surface area contributed by atoms with Gasteiger partial charge in [-0.05, 0) is 49.2 Å². The van der Waals surface area contributed by atoms with Gasteiger partial charge in [-0.3, -0.25) is 10.0 Å². The smallest absolute Gasteiger partial charge is 0.247 e. The van der Waals surface area contributed by atoms with E-state index in [2.05, 4.69) is 11.8 Å². The van der Waals surface area contributed by atoms with Crippen molar-refractivity contribution in [2.45, 2.75) is 29.4 Å². The minimum absolute atomic E-state index is 0.172. The van der Waals surface area contributed by atoms with Crippen molar-refractivity contribution in [3.63, 3.8) is 0 Å². The molecular weight excluding hydrogens is 350 g/mol. The molecule has 2 aromatic rings. The third kappa shape index (κ3) is 3.79. The molecule has 1 saturated carbocycles. The topological polar surface area (TPSA) is 83.5 Å². The summed E-state index contributed by atoms with van der Waals surface area (Å²) in [5.41, 5.74) is 3.17. The van der Waals surface area contributed by atoms with E-state index in [1.165, 1.54) is 12.1 Å². The number of hydrogen-bond acceptors (Lipinski definition) is 4. The van der Waals surface area contributed by atoms with Crippen molar-refractivity contribution < 1.29 is 18.4 Å². The number of benzene rings is 2. The molecule has 1 amide bonds. The van der Waals surface area contributed by atoms with Crippen molar-refractivity contribution in [3.8, 4) is 11.8 Å². The van der Waals surface area contributed by atoms with Gasteiger partial charge in [-0.15, -0.1) is 0 Å². The lowest BCUT2D eigenvalue weighted by Gasteiger charge is -2.18. The number of sulfone groups is 1. The maximum absolute atomic E-state index is 12.9. The third-order valence-corrected chi connectivity index (χ3v) is 6.90. The number of amides is 1. The Morgan fingerprint density at radius 2 is 1.58 bits per heavy atom. The first kappa shape index (κ1) is 18.2. The second-order valence-electron chi connectivity index (χ2n) is 6.24. The number of carbonyl (C=O) groups is 1. The molecule has 6 heteroatoms. The minimum atomic E-state index is -3.65. The summed E-state index contributed by atoms with van der Waals surface area (Å²) in [6.07, 6.45) is 1.51. The second kappa shape index (κ2) is 7.73. The first-order valence-corrected chi connectivity index (χ1v) is 9.92. The quantitative estimate of drug-likeness (QED) is 0.495. The zero-order valence-corrected chi connectivity index (χ0v) is 14.9. The fraction of sp³-hybridized carbons (Fsp3) is 0.250. The van der Waals surface area contributed by atoms with Gasteiger partial charge < -0.3 is 0 Å². The molecule has 2 atom stereocenters. The van der Waals surface area contributed by atoms with E-state index in [1.54, 1.807) is 17.6 Å². The predicted molar refractivity (Wildman–Crippen MR) is 97.1 cm³/mol. The average molecular weight is 369 g/mol. The van der Waals surface area contributed by atoms with Crippen LogP contribution in [0.15, 0.2) is 59.5 Å². The highest BCUT2D eigenvalue weighted by Gasteiger charge is 2.42. The Balaban J connectivity index is 1.81. The van der Waals surface area contributed by atoms with Crippen molar-refractivity contribution in [1.29, 1.82) is 0 Å². The summed E-state index contributed by atoms with van der Waals surface area (Å²) in [7, 11) is -3.65. The molecule has 0 heterocycles. The van der Waals surface area contributed by atoms with Crippen molar-refractivity contribution in [1.82, 2.24) is 5.48 Å². The van der Waals surface area contributed by atoms with E-state index in [4.69, 9.17) is 5.21 Å². The van der Waals surface area contributed by atoms with Crippen molar-refractivity contribution >= 4 is 15.7 Å². The lowest BCUT2D eigenvalue weighted by molar-refractivity contribution is -0.133. The molecule has 2 aromatic carbocycles. The zero-order valence-electron chi connectivity index (χ0n) is 14.1. The summed E-state index contributed by atoms with van der Waals surface area (Å²) in [6.45, 7) is 0. The van der Waals surface area contributed by atoms with E-state index in [1.807, 2.05) is 30.3 Å². The van der Waals surface area contributed by atoms with E-state index in [9.17, 15) is 13.2 Å². The average Bonchev–Trinajstić information content (AvgIpc) is 3.18. The second-order valence-corrected chi connectivity index (χ2v) is 8.40. The maximum atomic E-state index is 12.9. The number of hydrogen-bond donors (Lipinski definition) is 2. The summed E-state index contributed by atoms with van der Waals surface area (Å²) in [6, 6.07) is 15.9. The van der Waals surface area contributed by atoms with Crippen molar-refractivity contribution in [2.24, 2.45) is 5.92 Å². The summed E-state index contributed by atoms with van der Waals surface area (Å²) < 4.78 is 25.7. The van der Waals surface area contributed by atoms with Gasteiger partial charge in [0.2, 0.25) is 5.91 Å². The normalized spacial score (nSPS) is 19.4. The number of carbonyl (C=O) groups excluding carboxylic acids is 1. The Labute approximate surface area is 152 Å². The van der Waals surface area contributed by atoms with E-state index in [-0.39, 0.29) is 4.90 Å². The molecule has 0 spiro atoms. The first-order valence-electron chi connectivity index (χ1n) is 8.37. The van der Waals surface area contributed by atoms with Gasteiger partial charge in [0.15, 0.2) is 9.84 Å². The fourth-order valence-electron chi connectivity index (χ4n) is 3.25. The van der Waals surface area contributed by atoms with Crippen molar-refractivity contribution in [2.75, 3.05) is 0 Å². The predicted octanol–water partition coefficient (Wildman–Crippen LogP) is 2.53. The van der Waals surface area contributed by atoms with Crippen LogP contribution in [0.2, 0.25) is 0 Å². The van der Waals surface area contributed by atoms with E-state index < -0.39 is 26.9 Å². The minimum Gasteiger partial charge on any atom is -0.289 e. The van der Waals surface area contributed by atoms with Gasteiger partial charge in [-0.25, -0.2) is 13.9 Å². The molecule has 1 fully saturated rings. The molecule has 1 aliphatic rings. The highest BCUT2D eigenvalue weighted by molar-refractivity contribution is 7.92. The van der Waals surface area contributed by atoms with Gasteiger partial charge in [-0.2, -0.15) is 0 Å². The molecule has 0 bridgehead atoms. The van der Waals surface area contributed by atoms with Crippen molar-refractivity contribution in [3.05, 3.63) is 65.7 Å². The van der Waals surface area contributed by atoms with Crippen LogP contribution in [0.5, 0.6) is 0 Å². The van der Waals surface area contributed by atoms with Gasteiger partial charge in [0.05, 0.1) is 16.1 Å². The summed E-state index contributed by atoms with van der Waals surface area (Å²) >= 11 is 0.